The standard InChI is InChI=1S/C40H42N4O6Si/c1-27-37(51(2,3)49)35(23-36(46)42(20-21-45)25-28-12-6-4-7-13-28)50-40(27)33-22-31(44-38(47)32-17-11-10-16-30(32)24-41-44)18-19-34(33)43(39(40)48)26-29-14-8-5-9-15-29/h4-19,22,24,27,35,37,45,49H,20-21,23,25-26H2,1-3H3/t27-,35+,37-,40+/m0/s1. The molecule has 1 fully saturated rings. The van der Waals surface area contributed by atoms with E-state index >= 15 is 0 Å². The van der Waals surface area contributed by atoms with Crippen LogP contribution in [0.1, 0.15) is 30.0 Å². The lowest BCUT2D eigenvalue weighted by Gasteiger charge is -2.32. The van der Waals surface area contributed by atoms with Crippen molar-refractivity contribution in [2.45, 2.75) is 56.8 Å². The third-order valence-electron chi connectivity index (χ3n) is 10.4. The van der Waals surface area contributed by atoms with Gasteiger partial charge >= 0.3 is 0 Å². The average molecular weight is 703 g/mol. The minimum absolute atomic E-state index is 0.0761. The number of aliphatic hydroxyl groups excluding tert-OH is 1. The summed E-state index contributed by atoms with van der Waals surface area (Å²) in [5, 5.41) is 15.6. The van der Waals surface area contributed by atoms with Crippen molar-refractivity contribution >= 4 is 36.6 Å². The van der Waals surface area contributed by atoms with Crippen molar-refractivity contribution in [3.05, 3.63) is 136 Å². The Balaban J connectivity index is 1.32. The van der Waals surface area contributed by atoms with Crippen LogP contribution in [0.15, 0.2) is 114 Å². The first kappa shape index (κ1) is 34.5. The number of carbonyl (C=O) groups excluding carboxylic acids is 2. The topological polar surface area (TPSA) is 125 Å². The van der Waals surface area contributed by atoms with Gasteiger partial charge in [0.2, 0.25) is 5.91 Å². The molecule has 0 saturated carbocycles. The van der Waals surface area contributed by atoms with Gasteiger partial charge in [-0.05, 0) is 48.5 Å². The van der Waals surface area contributed by atoms with E-state index in [9.17, 15) is 24.3 Å². The van der Waals surface area contributed by atoms with Gasteiger partial charge in [0, 0.05) is 35.5 Å². The molecule has 51 heavy (non-hydrogen) atoms. The second-order valence-electron chi connectivity index (χ2n) is 14.1. The molecule has 1 aromatic heterocycles. The van der Waals surface area contributed by atoms with Crippen LogP contribution in [0, 0.1) is 5.92 Å². The maximum absolute atomic E-state index is 15.0. The first-order valence-corrected chi connectivity index (χ1v) is 20.4. The maximum Gasteiger partial charge on any atom is 0.279 e. The summed E-state index contributed by atoms with van der Waals surface area (Å²) in [6.45, 7) is 6.08. The molecular weight excluding hydrogens is 661 g/mol. The Kier molecular flexibility index (Phi) is 9.23. The number of aliphatic hydroxyl groups is 1. The lowest BCUT2D eigenvalue weighted by atomic mass is 9.82. The van der Waals surface area contributed by atoms with Crippen molar-refractivity contribution in [1.29, 1.82) is 0 Å². The molecule has 4 atom stereocenters. The van der Waals surface area contributed by atoms with Gasteiger partial charge in [0.15, 0.2) is 13.9 Å². The van der Waals surface area contributed by atoms with E-state index in [2.05, 4.69) is 5.10 Å². The van der Waals surface area contributed by atoms with Crippen molar-refractivity contribution in [2.24, 2.45) is 5.92 Å². The van der Waals surface area contributed by atoms with E-state index in [4.69, 9.17) is 4.74 Å². The van der Waals surface area contributed by atoms with Crippen molar-refractivity contribution in [3.8, 4) is 5.69 Å². The lowest BCUT2D eigenvalue weighted by Crippen LogP contribution is -2.46. The largest absolute Gasteiger partial charge is 0.432 e. The highest BCUT2D eigenvalue weighted by Crippen LogP contribution is 2.60. The summed E-state index contributed by atoms with van der Waals surface area (Å²) in [7, 11) is -3.09. The van der Waals surface area contributed by atoms with Gasteiger partial charge in [0.25, 0.3) is 11.5 Å². The summed E-state index contributed by atoms with van der Waals surface area (Å²) < 4.78 is 8.31. The molecule has 4 aromatic carbocycles. The first-order valence-electron chi connectivity index (χ1n) is 17.3. The zero-order valence-electron chi connectivity index (χ0n) is 29.0. The number of amides is 2. The Morgan fingerprint density at radius 1 is 0.941 bits per heavy atom. The van der Waals surface area contributed by atoms with Crippen LogP contribution in [0.25, 0.3) is 16.5 Å². The first-order chi connectivity index (χ1) is 24.5. The highest BCUT2D eigenvalue weighted by Gasteiger charge is 2.66. The summed E-state index contributed by atoms with van der Waals surface area (Å²) in [5.41, 5.74) is 1.22. The Bertz CT molecular complexity index is 2140. The smallest absolute Gasteiger partial charge is 0.279 e. The van der Waals surface area contributed by atoms with Gasteiger partial charge in [-0.15, -0.1) is 0 Å². The minimum Gasteiger partial charge on any atom is -0.432 e. The van der Waals surface area contributed by atoms with Gasteiger partial charge in [-0.25, -0.2) is 0 Å². The summed E-state index contributed by atoms with van der Waals surface area (Å²) >= 11 is 0. The molecule has 0 unspecified atom stereocenters. The zero-order chi connectivity index (χ0) is 35.9. The normalized spacial score (nSPS) is 21.4. The fraction of sp³-hybridized carbons (Fsp3) is 0.300. The number of ether oxygens (including phenoxy) is 1. The molecule has 1 saturated heterocycles. The van der Waals surface area contributed by atoms with E-state index in [1.807, 2.05) is 105 Å². The molecule has 2 aliphatic heterocycles. The van der Waals surface area contributed by atoms with Gasteiger partial charge in [0.1, 0.15) is 0 Å². The van der Waals surface area contributed by atoms with Crippen molar-refractivity contribution in [2.75, 3.05) is 18.1 Å². The van der Waals surface area contributed by atoms with E-state index < -0.39 is 31.5 Å². The Morgan fingerprint density at radius 3 is 2.29 bits per heavy atom. The number of anilines is 1. The highest BCUT2D eigenvalue weighted by molar-refractivity contribution is 6.71. The molecule has 10 nitrogen and oxygen atoms in total. The van der Waals surface area contributed by atoms with Crippen LogP contribution in [0.5, 0.6) is 0 Å². The number of rotatable bonds is 10. The fourth-order valence-corrected chi connectivity index (χ4v) is 10.7. The molecule has 0 bridgehead atoms. The third kappa shape index (κ3) is 6.20. The van der Waals surface area contributed by atoms with Crippen LogP contribution in [0.3, 0.4) is 0 Å². The van der Waals surface area contributed by atoms with Gasteiger partial charge in [0.05, 0.1) is 48.6 Å². The van der Waals surface area contributed by atoms with Crippen LogP contribution in [-0.4, -0.2) is 64.0 Å². The maximum atomic E-state index is 15.0. The zero-order valence-corrected chi connectivity index (χ0v) is 30.0. The number of hydrogen-bond acceptors (Lipinski definition) is 7. The number of carbonyl (C=O) groups is 2. The summed E-state index contributed by atoms with van der Waals surface area (Å²) in [6, 6.07) is 31.9. The predicted octanol–water partition coefficient (Wildman–Crippen LogP) is 5.14. The molecule has 2 N–H and O–H groups in total. The fourth-order valence-electron chi connectivity index (χ4n) is 8.11. The molecule has 0 radical (unpaired) electrons. The summed E-state index contributed by atoms with van der Waals surface area (Å²) in [5.74, 6) is -1.04. The molecule has 2 aliphatic rings. The molecule has 11 heteroatoms. The second-order valence-corrected chi connectivity index (χ2v) is 18.1. The molecule has 7 rings (SSSR count). The van der Waals surface area contributed by atoms with Gasteiger partial charge in [-0.1, -0.05) is 85.8 Å². The quantitative estimate of drug-likeness (QED) is 0.193. The molecule has 3 heterocycles. The van der Waals surface area contributed by atoms with Crippen LogP contribution in [-0.2, 0) is 33.0 Å². The number of nitrogens with zero attached hydrogens (tertiary/aromatic N) is 4. The monoisotopic (exact) mass is 702 g/mol. The highest BCUT2D eigenvalue weighted by atomic mass is 28.4. The van der Waals surface area contributed by atoms with E-state index in [1.165, 1.54) is 4.68 Å². The average Bonchev–Trinajstić information content (AvgIpc) is 3.55. The molecule has 262 valence electrons. The molecular formula is C40H42N4O6Si. The lowest BCUT2D eigenvalue weighted by molar-refractivity contribution is -0.150. The van der Waals surface area contributed by atoms with Crippen molar-refractivity contribution < 1.29 is 24.2 Å². The third-order valence-corrected chi connectivity index (χ3v) is 12.9. The van der Waals surface area contributed by atoms with Crippen LogP contribution < -0.4 is 10.5 Å². The number of benzene rings is 4. The summed E-state index contributed by atoms with van der Waals surface area (Å²) in [6.07, 6.45) is 0.787. The molecule has 2 amide bonds. The minimum atomic E-state index is -3.09. The van der Waals surface area contributed by atoms with E-state index in [-0.39, 0.29) is 43.5 Å². The number of aromatic nitrogens is 2. The van der Waals surface area contributed by atoms with Crippen LogP contribution >= 0.6 is 0 Å². The van der Waals surface area contributed by atoms with E-state index in [1.54, 1.807) is 34.2 Å². The van der Waals surface area contributed by atoms with E-state index in [0.717, 1.165) is 16.5 Å². The van der Waals surface area contributed by atoms with Gasteiger partial charge in [-0.3, -0.25) is 14.4 Å². The van der Waals surface area contributed by atoms with Crippen LogP contribution in [0.4, 0.5) is 5.69 Å². The van der Waals surface area contributed by atoms with Gasteiger partial charge < -0.3 is 24.4 Å². The van der Waals surface area contributed by atoms with Gasteiger partial charge in [-0.2, -0.15) is 9.78 Å². The predicted molar refractivity (Wildman–Crippen MR) is 198 cm³/mol. The van der Waals surface area contributed by atoms with Crippen molar-refractivity contribution in [1.82, 2.24) is 14.7 Å². The Labute approximate surface area is 297 Å². The van der Waals surface area contributed by atoms with E-state index in [0.29, 0.717) is 28.9 Å². The molecule has 0 aliphatic carbocycles. The second kappa shape index (κ2) is 13.6. The number of fused-ring (bicyclic) bond motifs is 3. The Hall–Kier alpha value is -4.94. The SMILES string of the molecule is C[C@H]1[C@H]([Si](C)(C)O)[C@@H](CC(=O)N(CCO)Cc2ccccc2)O[C@]12C(=O)N(Cc1ccccc1)c1ccc(-n3ncc4ccccc4c3=O)cc12. The van der Waals surface area contributed by atoms with Crippen molar-refractivity contribution in [3.63, 3.8) is 0 Å². The molecule has 5 aromatic rings. The Morgan fingerprint density at radius 2 is 1.61 bits per heavy atom. The molecule has 1 spiro atoms. The van der Waals surface area contributed by atoms with Crippen LogP contribution in [0.2, 0.25) is 18.6 Å². The number of hydrogen-bond donors (Lipinski definition) is 2. The summed E-state index contributed by atoms with van der Waals surface area (Å²) in [4.78, 5) is 57.8.